The van der Waals surface area contributed by atoms with Gasteiger partial charge in [0.1, 0.15) is 24.7 Å². The van der Waals surface area contributed by atoms with Gasteiger partial charge in [0.2, 0.25) is 0 Å². The minimum Gasteiger partial charge on any atom is -0.492 e. The van der Waals surface area contributed by atoms with Crippen molar-refractivity contribution in [3.63, 3.8) is 0 Å². The molecule has 174 valence electrons. The number of hydrogen-bond acceptors (Lipinski definition) is 5. The zero-order valence-electron chi connectivity index (χ0n) is 18.3. The molecule has 1 heterocycles. The lowest BCUT2D eigenvalue weighted by molar-refractivity contribution is -0.123. The molecular weight excluding hydrogens is 493 g/mol. The van der Waals surface area contributed by atoms with E-state index in [2.05, 4.69) is 0 Å². The number of thioether (sulfide) groups is 1. The quantitative estimate of drug-likeness (QED) is 0.303. The molecule has 0 N–H and O–H groups in total. The summed E-state index contributed by atoms with van der Waals surface area (Å²) in [5.74, 6) is 0.882. The van der Waals surface area contributed by atoms with Crippen LogP contribution in [-0.2, 0) is 11.4 Å². The van der Waals surface area contributed by atoms with E-state index in [1.807, 2.05) is 43.3 Å². The highest BCUT2D eigenvalue weighted by atomic mass is 35.5. The van der Waals surface area contributed by atoms with Crippen molar-refractivity contribution in [3.05, 3.63) is 98.4 Å². The number of halogens is 2. The van der Waals surface area contributed by atoms with Crippen molar-refractivity contribution in [3.8, 4) is 11.5 Å². The third kappa shape index (κ3) is 6.14. The molecule has 1 aliphatic rings. The Balaban J connectivity index is 1.36. The van der Waals surface area contributed by atoms with Crippen LogP contribution in [0.3, 0.4) is 0 Å². The van der Waals surface area contributed by atoms with E-state index in [0.29, 0.717) is 38.6 Å². The number of imide groups is 1. The second-order valence-corrected chi connectivity index (χ2v) is 9.44. The van der Waals surface area contributed by atoms with Gasteiger partial charge in [-0.3, -0.25) is 14.5 Å². The molecule has 0 saturated carbocycles. The summed E-state index contributed by atoms with van der Waals surface area (Å²) in [7, 11) is 0. The second-order valence-electron chi connectivity index (χ2n) is 7.60. The van der Waals surface area contributed by atoms with Gasteiger partial charge in [0, 0.05) is 5.02 Å². The van der Waals surface area contributed by atoms with Crippen molar-refractivity contribution < 1.29 is 19.1 Å². The molecule has 0 spiro atoms. The summed E-state index contributed by atoms with van der Waals surface area (Å²) >= 11 is 13.2. The third-order valence-electron chi connectivity index (χ3n) is 5.01. The molecule has 1 fully saturated rings. The van der Waals surface area contributed by atoms with Crippen LogP contribution in [0.25, 0.3) is 6.08 Å². The molecule has 8 heteroatoms. The molecule has 5 nitrogen and oxygen atoms in total. The van der Waals surface area contributed by atoms with E-state index in [1.165, 1.54) is 4.90 Å². The number of carbonyl (C=O) groups is 2. The molecule has 4 rings (SSSR count). The molecule has 0 bridgehead atoms. The van der Waals surface area contributed by atoms with E-state index in [4.69, 9.17) is 32.7 Å². The van der Waals surface area contributed by atoms with E-state index < -0.39 is 0 Å². The van der Waals surface area contributed by atoms with Gasteiger partial charge in [0.05, 0.1) is 16.5 Å². The van der Waals surface area contributed by atoms with Crippen LogP contribution in [0, 0.1) is 6.92 Å². The van der Waals surface area contributed by atoms with Crippen molar-refractivity contribution in [1.29, 1.82) is 0 Å². The molecule has 34 heavy (non-hydrogen) atoms. The summed E-state index contributed by atoms with van der Waals surface area (Å²) in [6, 6.07) is 20.2. The van der Waals surface area contributed by atoms with Crippen molar-refractivity contribution in [2.75, 3.05) is 13.2 Å². The largest absolute Gasteiger partial charge is 0.492 e. The zero-order valence-corrected chi connectivity index (χ0v) is 20.6. The molecular formula is C26H21Cl2NO4S. The maximum absolute atomic E-state index is 12.7. The molecule has 1 saturated heterocycles. The van der Waals surface area contributed by atoms with Crippen LogP contribution in [0.15, 0.2) is 71.6 Å². The van der Waals surface area contributed by atoms with Gasteiger partial charge in [-0.15, -0.1) is 0 Å². The van der Waals surface area contributed by atoms with Crippen LogP contribution in [0.2, 0.25) is 10.0 Å². The van der Waals surface area contributed by atoms with Crippen molar-refractivity contribution in [2.24, 2.45) is 0 Å². The first-order chi connectivity index (χ1) is 16.4. The predicted molar refractivity (Wildman–Crippen MR) is 137 cm³/mol. The van der Waals surface area contributed by atoms with E-state index in [1.54, 1.807) is 36.4 Å². The van der Waals surface area contributed by atoms with Crippen LogP contribution in [0.5, 0.6) is 11.5 Å². The van der Waals surface area contributed by atoms with Crippen molar-refractivity contribution >= 4 is 52.2 Å². The van der Waals surface area contributed by atoms with Gasteiger partial charge in [-0.25, -0.2) is 0 Å². The third-order valence-corrected chi connectivity index (χ3v) is 6.46. The van der Waals surface area contributed by atoms with Gasteiger partial charge in [-0.05, 0) is 77.9 Å². The Morgan fingerprint density at radius 3 is 2.50 bits per heavy atom. The first-order valence-corrected chi connectivity index (χ1v) is 12.1. The van der Waals surface area contributed by atoms with Crippen LogP contribution in [-0.4, -0.2) is 29.2 Å². The number of carbonyl (C=O) groups excluding carboxylic acids is 2. The Bertz CT molecular complexity index is 1240. The summed E-state index contributed by atoms with van der Waals surface area (Å²) in [5, 5.41) is 0.751. The first kappa shape index (κ1) is 24.2. The SMILES string of the molecule is Cc1cccc(OCCN2C(=O)S/C(=C\c3ccc(OCc4ccc(Cl)cc4)c(Cl)c3)C2=O)c1. The lowest BCUT2D eigenvalue weighted by atomic mass is 10.2. The van der Waals surface area contributed by atoms with E-state index >= 15 is 0 Å². The van der Waals surface area contributed by atoms with Crippen LogP contribution in [0.4, 0.5) is 4.79 Å². The molecule has 3 aromatic rings. The molecule has 2 amide bonds. The van der Waals surface area contributed by atoms with Crippen molar-refractivity contribution in [1.82, 2.24) is 4.90 Å². The standard InChI is InChI=1S/C26H21Cl2NO4S/c1-17-3-2-4-21(13-17)32-12-11-29-25(30)24(34-26(29)31)15-19-7-10-23(22(28)14-19)33-16-18-5-8-20(27)9-6-18/h2-10,13-15H,11-12,16H2,1H3/b24-15-. The lowest BCUT2D eigenvalue weighted by Gasteiger charge is -2.13. The van der Waals surface area contributed by atoms with Crippen molar-refractivity contribution in [2.45, 2.75) is 13.5 Å². The molecule has 1 aliphatic heterocycles. The number of amides is 2. The molecule has 0 aliphatic carbocycles. The Hall–Kier alpha value is -2.93. The van der Waals surface area contributed by atoms with Gasteiger partial charge in [0.25, 0.3) is 11.1 Å². The first-order valence-electron chi connectivity index (χ1n) is 10.5. The second kappa shape index (κ2) is 11.0. The van der Waals surface area contributed by atoms with E-state index in [0.717, 1.165) is 22.9 Å². The summed E-state index contributed by atoms with van der Waals surface area (Å²) in [5.41, 5.74) is 2.74. The fourth-order valence-corrected chi connectivity index (χ4v) is 4.50. The highest BCUT2D eigenvalue weighted by Crippen LogP contribution is 2.34. The Kier molecular flexibility index (Phi) is 7.83. The summed E-state index contributed by atoms with van der Waals surface area (Å²) in [6.45, 7) is 2.72. The molecule has 0 aromatic heterocycles. The topological polar surface area (TPSA) is 55.8 Å². The van der Waals surface area contributed by atoms with Gasteiger partial charge >= 0.3 is 0 Å². The maximum atomic E-state index is 12.7. The molecule has 0 unspecified atom stereocenters. The van der Waals surface area contributed by atoms with Gasteiger partial charge in [0.15, 0.2) is 0 Å². The monoisotopic (exact) mass is 513 g/mol. The Morgan fingerprint density at radius 1 is 0.971 bits per heavy atom. The maximum Gasteiger partial charge on any atom is 0.293 e. The van der Waals surface area contributed by atoms with Gasteiger partial charge in [-0.1, -0.05) is 53.5 Å². The zero-order chi connectivity index (χ0) is 24.1. The number of benzene rings is 3. The highest BCUT2D eigenvalue weighted by Gasteiger charge is 2.34. The summed E-state index contributed by atoms with van der Waals surface area (Å²) in [4.78, 5) is 26.6. The fraction of sp³-hybridized carbons (Fsp3) is 0.154. The number of hydrogen-bond donors (Lipinski definition) is 0. The predicted octanol–water partition coefficient (Wildman–Crippen LogP) is 7.00. The van der Waals surface area contributed by atoms with Gasteiger partial charge in [-0.2, -0.15) is 0 Å². The summed E-state index contributed by atoms with van der Waals surface area (Å²) < 4.78 is 11.5. The normalized spacial score (nSPS) is 14.7. The average Bonchev–Trinajstić information content (AvgIpc) is 3.07. The number of nitrogens with zero attached hydrogens (tertiary/aromatic N) is 1. The number of rotatable bonds is 8. The Labute approximate surface area is 212 Å². The average molecular weight is 514 g/mol. The molecule has 3 aromatic carbocycles. The Morgan fingerprint density at radius 2 is 1.76 bits per heavy atom. The van der Waals surface area contributed by atoms with E-state index in [9.17, 15) is 9.59 Å². The van der Waals surface area contributed by atoms with Crippen LogP contribution < -0.4 is 9.47 Å². The lowest BCUT2D eigenvalue weighted by Crippen LogP contribution is -2.32. The molecule has 0 radical (unpaired) electrons. The minimum absolute atomic E-state index is 0.175. The number of ether oxygens (including phenoxy) is 2. The van der Waals surface area contributed by atoms with Gasteiger partial charge < -0.3 is 9.47 Å². The fourth-order valence-electron chi connectivity index (χ4n) is 3.27. The minimum atomic E-state index is -0.345. The smallest absolute Gasteiger partial charge is 0.293 e. The highest BCUT2D eigenvalue weighted by molar-refractivity contribution is 8.18. The van der Waals surface area contributed by atoms with Crippen LogP contribution in [0.1, 0.15) is 16.7 Å². The van der Waals surface area contributed by atoms with Crippen LogP contribution >= 0.6 is 35.0 Å². The molecule has 0 atom stereocenters. The van der Waals surface area contributed by atoms with E-state index in [-0.39, 0.29) is 24.3 Å². The number of aryl methyl sites for hydroxylation is 1. The summed E-state index contributed by atoms with van der Waals surface area (Å²) in [6.07, 6.45) is 1.65.